The summed E-state index contributed by atoms with van der Waals surface area (Å²) in [5, 5.41) is 0.321. The van der Waals surface area contributed by atoms with Crippen LogP contribution in [-0.4, -0.2) is 28.6 Å². The Morgan fingerprint density at radius 2 is 2.33 bits per heavy atom. The maximum atomic E-state index is 11.1. The van der Waals surface area contributed by atoms with Gasteiger partial charge in [-0.3, -0.25) is 9.69 Å². The minimum Gasteiger partial charge on any atom is -0.468 e. The molecule has 0 bridgehead atoms. The number of amides is 1. The third kappa shape index (κ3) is 1.58. The molecule has 68 valence electrons. The molecule has 0 spiro atoms. The van der Waals surface area contributed by atoms with Crippen LogP contribution in [0.25, 0.3) is 0 Å². The highest BCUT2D eigenvalue weighted by Gasteiger charge is 2.34. The topological polar surface area (TPSA) is 29.5 Å². The van der Waals surface area contributed by atoms with E-state index < -0.39 is 0 Å². The van der Waals surface area contributed by atoms with Gasteiger partial charge < -0.3 is 4.74 Å². The van der Waals surface area contributed by atoms with Gasteiger partial charge in [0.15, 0.2) is 0 Å². The minimum absolute atomic E-state index is 0.0313. The van der Waals surface area contributed by atoms with Gasteiger partial charge in [0, 0.05) is 6.92 Å². The van der Waals surface area contributed by atoms with Gasteiger partial charge >= 0.3 is 0 Å². The Morgan fingerprint density at radius 1 is 1.75 bits per heavy atom. The van der Waals surface area contributed by atoms with Gasteiger partial charge in [0.25, 0.3) is 5.17 Å². The number of carbonyl (C=O) groups is 1. The highest BCUT2D eigenvalue weighted by Crippen LogP contribution is 2.19. The molecule has 1 amide bonds. The lowest BCUT2D eigenvalue weighted by Gasteiger charge is -2.22. The number of nitrogens with zero attached hydrogens (tertiary/aromatic N) is 1. The average molecular weight is 187 g/mol. The number of hydrogen-bond acceptors (Lipinski definition) is 3. The van der Waals surface area contributed by atoms with Crippen LogP contribution < -0.4 is 0 Å². The van der Waals surface area contributed by atoms with Crippen molar-refractivity contribution >= 4 is 23.3 Å². The Hall–Kier alpha value is -0.640. The van der Waals surface area contributed by atoms with Crippen molar-refractivity contribution in [2.75, 3.05) is 6.61 Å². The van der Waals surface area contributed by atoms with Crippen molar-refractivity contribution in [3.8, 4) is 0 Å². The number of carbonyl (C=O) groups excluding carboxylic acids is 1. The molecule has 3 nitrogen and oxygen atoms in total. The average Bonchev–Trinajstić information content (AvgIpc) is 2.30. The van der Waals surface area contributed by atoms with E-state index in [1.54, 1.807) is 4.90 Å². The summed E-state index contributed by atoms with van der Waals surface area (Å²) in [4.78, 5) is 12.7. The maximum absolute atomic E-state index is 11.1. The predicted octanol–water partition coefficient (Wildman–Crippen LogP) is 1.17. The Morgan fingerprint density at radius 3 is 2.67 bits per heavy atom. The van der Waals surface area contributed by atoms with Crippen LogP contribution in [0.5, 0.6) is 0 Å². The van der Waals surface area contributed by atoms with E-state index in [1.165, 1.54) is 6.92 Å². The van der Waals surface area contributed by atoms with E-state index in [1.807, 2.05) is 0 Å². The third-order valence-electron chi connectivity index (χ3n) is 2.01. The second-order valence-corrected chi connectivity index (χ2v) is 3.63. The number of thiocarbonyl (C=S) groups is 1. The molecule has 0 radical (unpaired) electrons. The first-order valence-corrected chi connectivity index (χ1v) is 4.41. The van der Waals surface area contributed by atoms with Gasteiger partial charge in [0.2, 0.25) is 5.91 Å². The van der Waals surface area contributed by atoms with Crippen LogP contribution in [0, 0.1) is 5.92 Å². The fraction of sp³-hybridized carbons (Fsp3) is 0.750. The van der Waals surface area contributed by atoms with Crippen LogP contribution in [0.15, 0.2) is 0 Å². The van der Waals surface area contributed by atoms with Crippen molar-refractivity contribution in [3.63, 3.8) is 0 Å². The van der Waals surface area contributed by atoms with Crippen LogP contribution in [0.1, 0.15) is 20.8 Å². The Bertz CT molecular complexity index is 215. The van der Waals surface area contributed by atoms with Crippen molar-refractivity contribution in [2.45, 2.75) is 26.8 Å². The monoisotopic (exact) mass is 187 g/mol. The number of hydrogen-bond donors (Lipinski definition) is 0. The first-order chi connectivity index (χ1) is 5.54. The Balaban J connectivity index is 2.77. The second-order valence-electron chi connectivity index (χ2n) is 3.28. The molecule has 12 heavy (non-hydrogen) atoms. The van der Waals surface area contributed by atoms with Crippen LogP contribution in [0.3, 0.4) is 0 Å². The summed E-state index contributed by atoms with van der Waals surface area (Å²) in [5.74, 6) is 0.352. The zero-order valence-electron chi connectivity index (χ0n) is 7.53. The zero-order chi connectivity index (χ0) is 9.30. The van der Waals surface area contributed by atoms with Gasteiger partial charge in [-0.1, -0.05) is 13.8 Å². The summed E-state index contributed by atoms with van der Waals surface area (Å²) in [6, 6.07) is 0.120. The van der Waals surface area contributed by atoms with Crippen molar-refractivity contribution < 1.29 is 9.53 Å². The zero-order valence-corrected chi connectivity index (χ0v) is 8.35. The Kier molecular flexibility index (Phi) is 2.67. The molecule has 0 aromatic carbocycles. The maximum Gasteiger partial charge on any atom is 0.266 e. The molecule has 1 rings (SSSR count). The van der Waals surface area contributed by atoms with E-state index in [2.05, 4.69) is 13.8 Å². The smallest absolute Gasteiger partial charge is 0.266 e. The van der Waals surface area contributed by atoms with Crippen molar-refractivity contribution in [3.05, 3.63) is 0 Å². The largest absolute Gasteiger partial charge is 0.468 e. The molecule has 1 saturated heterocycles. The van der Waals surface area contributed by atoms with Crippen molar-refractivity contribution in [1.29, 1.82) is 0 Å². The van der Waals surface area contributed by atoms with E-state index in [4.69, 9.17) is 17.0 Å². The molecule has 0 aromatic rings. The van der Waals surface area contributed by atoms with Gasteiger partial charge in [-0.25, -0.2) is 0 Å². The molecule has 0 unspecified atom stereocenters. The quantitative estimate of drug-likeness (QED) is 0.577. The van der Waals surface area contributed by atoms with E-state index in [-0.39, 0.29) is 11.9 Å². The highest BCUT2D eigenvalue weighted by atomic mass is 32.1. The molecule has 1 aliphatic rings. The molecule has 1 heterocycles. The van der Waals surface area contributed by atoms with Gasteiger partial charge in [0.1, 0.15) is 6.61 Å². The molecule has 0 aromatic heterocycles. The summed E-state index contributed by atoms with van der Waals surface area (Å²) in [6.45, 7) is 6.15. The first-order valence-electron chi connectivity index (χ1n) is 4.00. The van der Waals surface area contributed by atoms with Crippen LogP contribution >= 0.6 is 12.2 Å². The number of ether oxygens (including phenoxy) is 1. The summed E-state index contributed by atoms with van der Waals surface area (Å²) >= 11 is 4.90. The lowest BCUT2D eigenvalue weighted by atomic mass is 10.1. The second kappa shape index (κ2) is 3.39. The molecule has 0 saturated carbocycles. The van der Waals surface area contributed by atoms with Gasteiger partial charge in [-0.15, -0.1) is 0 Å². The Labute approximate surface area is 77.7 Å². The molecule has 1 atom stereocenters. The molecular weight excluding hydrogens is 174 g/mol. The standard InChI is InChI=1S/C8H13NO2S/c1-5(2)7-4-11-8(12)9(7)6(3)10/h5,7H,4H2,1-3H3/t7-/m1/s1. The molecule has 0 N–H and O–H groups in total. The van der Waals surface area contributed by atoms with E-state index in [9.17, 15) is 4.79 Å². The molecule has 1 aliphatic heterocycles. The predicted molar refractivity (Wildman–Crippen MR) is 49.7 cm³/mol. The lowest BCUT2D eigenvalue weighted by Crippen LogP contribution is -2.40. The fourth-order valence-corrected chi connectivity index (χ4v) is 1.62. The first kappa shape index (κ1) is 9.45. The molecule has 0 aliphatic carbocycles. The summed E-state index contributed by atoms with van der Waals surface area (Å²) in [6.07, 6.45) is 0. The van der Waals surface area contributed by atoms with Crippen LogP contribution in [0.4, 0.5) is 0 Å². The van der Waals surface area contributed by atoms with E-state index in [0.29, 0.717) is 17.7 Å². The van der Waals surface area contributed by atoms with Crippen LogP contribution in [-0.2, 0) is 9.53 Å². The van der Waals surface area contributed by atoms with Gasteiger partial charge in [-0.05, 0) is 18.1 Å². The highest BCUT2D eigenvalue weighted by molar-refractivity contribution is 7.80. The SMILES string of the molecule is CC(=O)N1C(=S)OC[C@@H]1C(C)C. The minimum atomic E-state index is -0.0313. The van der Waals surface area contributed by atoms with E-state index in [0.717, 1.165) is 0 Å². The third-order valence-corrected chi connectivity index (χ3v) is 2.33. The van der Waals surface area contributed by atoms with Gasteiger partial charge in [-0.2, -0.15) is 0 Å². The lowest BCUT2D eigenvalue weighted by molar-refractivity contribution is -0.126. The molecule has 1 fully saturated rings. The number of rotatable bonds is 1. The van der Waals surface area contributed by atoms with Crippen molar-refractivity contribution in [1.82, 2.24) is 4.90 Å². The van der Waals surface area contributed by atoms with Crippen molar-refractivity contribution in [2.24, 2.45) is 5.92 Å². The molecule has 4 heteroatoms. The summed E-state index contributed by atoms with van der Waals surface area (Å²) in [7, 11) is 0. The van der Waals surface area contributed by atoms with E-state index >= 15 is 0 Å². The fourth-order valence-electron chi connectivity index (χ4n) is 1.29. The van der Waals surface area contributed by atoms with Gasteiger partial charge in [0.05, 0.1) is 6.04 Å². The summed E-state index contributed by atoms with van der Waals surface area (Å²) in [5.41, 5.74) is 0. The summed E-state index contributed by atoms with van der Waals surface area (Å²) < 4.78 is 5.14. The van der Waals surface area contributed by atoms with Crippen LogP contribution in [0.2, 0.25) is 0 Å². The molecular formula is C8H13NO2S. The normalized spacial score (nSPS) is 23.2.